The average molecular weight is 332 g/mol. The molecule has 3 nitrogen and oxygen atoms in total. The average Bonchev–Trinajstić information content (AvgIpc) is 3.02. The molecule has 0 fully saturated rings. The van der Waals surface area contributed by atoms with Crippen LogP contribution < -0.4 is 0 Å². The zero-order valence-corrected chi connectivity index (χ0v) is 13.4. The number of halogens is 2. The second kappa shape index (κ2) is 6.50. The summed E-state index contributed by atoms with van der Waals surface area (Å²) in [4.78, 5) is 0.215. The van der Waals surface area contributed by atoms with E-state index in [-0.39, 0.29) is 10.1 Å². The third-order valence-electron chi connectivity index (χ3n) is 3.28. The smallest absolute Gasteiger partial charge is 0.247 e. The Labute approximate surface area is 136 Å². The molecule has 1 unspecified atom stereocenters. The minimum Gasteiger partial charge on any atom is -0.419 e. The van der Waals surface area contributed by atoms with Gasteiger partial charge in [0.25, 0.3) is 0 Å². The predicted molar refractivity (Wildman–Crippen MR) is 85.1 cm³/mol. The monoisotopic (exact) mass is 332 g/mol. The predicted octanol–water partition coefficient (Wildman–Crippen LogP) is 5.18. The van der Waals surface area contributed by atoms with E-state index in [1.54, 1.807) is 6.92 Å². The second-order valence-electron chi connectivity index (χ2n) is 5.15. The highest BCUT2D eigenvalue weighted by molar-refractivity contribution is 7.99. The standard InChI is InChI=1S/C17H14F2N2OS/c1-10-3-5-12(6-4-10)17-21-20-16(22-17)11(2)23-15-9-13(18)7-8-14(15)19/h3-9,11H,1-2H3. The van der Waals surface area contributed by atoms with E-state index < -0.39 is 11.6 Å². The van der Waals surface area contributed by atoms with E-state index in [2.05, 4.69) is 10.2 Å². The Bertz CT molecular complexity index is 818. The Morgan fingerprint density at radius 3 is 2.52 bits per heavy atom. The van der Waals surface area contributed by atoms with Crippen molar-refractivity contribution in [1.29, 1.82) is 0 Å². The lowest BCUT2D eigenvalue weighted by molar-refractivity contribution is 0.508. The lowest BCUT2D eigenvalue weighted by atomic mass is 10.1. The van der Waals surface area contributed by atoms with Crippen LogP contribution in [0, 0.1) is 18.6 Å². The molecular weight excluding hydrogens is 318 g/mol. The SMILES string of the molecule is Cc1ccc(-c2nnc(C(C)Sc3cc(F)ccc3F)o2)cc1. The first kappa shape index (κ1) is 15.7. The molecule has 118 valence electrons. The third kappa shape index (κ3) is 3.59. The second-order valence-corrected chi connectivity index (χ2v) is 6.53. The highest BCUT2D eigenvalue weighted by atomic mass is 32.2. The molecule has 0 aliphatic heterocycles. The molecule has 0 aliphatic carbocycles. The molecule has 0 saturated carbocycles. The van der Waals surface area contributed by atoms with Gasteiger partial charge in [-0.2, -0.15) is 0 Å². The summed E-state index contributed by atoms with van der Waals surface area (Å²) < 4.78 is 32.6. The van der Waals surface area contributed by atoms with Crippen LogP contribution in [0.5, 0.6) is 0 Å². The highest BCUT2D eigenvalue weighted by Gasteiger charge is 2.18. The summed E-state index contributed by atoms with van der Waals surface area (Å²) in [5.41, 5.74) is 1.96. The lowest BCUT2D eigenvalue weighted by Gasteiger charge is -2.07. The maximum atomic E-state index is 13.7. The zero-order valence-electron chi connectivity index (χ0n) is 12.6. The van der Waals surface area contributed by atoms with Crippen molar-refractivity contribution in [3.05, 3.63) is 65.6 Å². The van der Waals surface area contributed by atoms with Gasteiger partial charge >= 0.3 is 0 Å². The number of rotatable bonds is 4. The Balaban J connectivity index is 1.79. The fraction of sp³-hybridized carbons (Fsp3) is 0.176. The number of benzene rings is 2. The van der Waals surface area contributed by atoms with Crippen molar-refractivity contribution in [2.24, 2.45) is 0 Å². The molecule has 0 saturated heterocycles. The van der Waals surface area contributed by atoms with Crippen LogP contribution in [-0.4, -0.2) is 10.2 Å². The van der Waals surface area contributed by atoms with Gasteiger partial charge < -0.3 is 4.42 Å². The minimum absolute atomic E-state index is 0.215. The molecule has 0 bridgehead atoms. The largest absolute Gasteiger partial charge is 0.419 e. The summed E-state index contributed by atoms with van der Waals surface area (Å²) in [6, 6.07) is 11.1. The van der Waals surface area contributed by atoms with Crippen LogP contribution in [0.2, 0.25) is 0 Å². The fourth-order valence-corrected chi connectivity index (χ4v) is 2.96. The van der Waals surface area contributed by atoms with E-state index in [0.717, 1.165) is 41.1 Å². The summed E-state index contributed by atoms with van der Waals surface area (Å²) in [6.45, 7) is 3.80. The van der Waals surface area contributed by atoms with Crippen LogP contribution in [-0.2, 0) is 0 Å². The van der Waals surface area contributed by atoms with Gasteiger partial charge in [-0.15, -0.1) is 22.0 Å². The molecule has 1 heterocycles. The zero-order chi connectivity index (χ0) is 16.4. The topological polar surface area (TPSA) is 38.9 Å². The molecule has 3 aromatic rings. The number of thioether (sulfide) groups is 1. The molecule has 0 N–H and O–H groups in total. The van der Waals surface area contributed by atoms with Crippen molar-refractivity contribution in [1.82, 2.24) is 10.2 Å². The van der Waals surface area contributed by atoms with E-state index in [4.69, 9.17) is 4.42 Å². The van der Waals surface area contributed by atoms with Crippen molar-refractivity contribution >= 4 is 11.8 Å². The van der Waals surface area contributed by atoms with Crippen molar-refractivity contribution in [2.45, 2.75) is 24.0 Å². The summed E-state index contributed by atoms with van der Waals surface area (Å²) in [6.07, 6.45) is 0. The Hall–Kier alpha value is -2.21. The molecule has 6 heteroatoms. The number of aromatic nitrogens is 2. The Morgan fingerprint density at radius 1 is 1.04 bits per heavy atom. The summed E-state index contributed by atoms with van der Waals surface area (Å²) >= 11 is 1.14. The van der Waals surface area contributed by atoms with Gasteiger partial charge in [-0.25, -0.2) is 8.78 Å². The van der Waals surface area contributed by atoms with Crippen molar-refractivity contribution in [3.63, 3.8) is 0 Å². The van der Waals surface area contributed by atoms with Crippen molar-refractivity contribution in [2.75, 3.05) is 0 Å². The highest BCUT2D eigenvalue weighted by Crippen LogP contribution is 2.36. The van der Waals surface area contributed by atoms with E-state index in [1.165, 1.54) is 0 Å². The fourth-order valence-electron chi connectivity index (χ4n) is 2.02. The molecule has 2 aromatic carbocycles. The van der Waals surface area contributed by atoms with Crippen LogP contribution in [0.3, 0.4) is 0 Å². The molecule has 0 spiro atoms. The van der Waals surface area contributed by atoms with Gasteiger partial charge in [0.2, 0.25) is 11.8 Å². The molecule has 3 rings (SSSR count). The van der Waals surface area contributed by atoms with Gasteiger partial charge in [0.15, 0.2) is 0 Å². The Kier molecular flexibility index (Phi) is 4.43. The number of aryl methyl sites for hydroxylation is 1. The van der Waals surface area contributed by atoms with Crippen LogP contribution in [0.4, 0.5) is 8.78 Å². The quantitative estimate of drug-likeness (QED) is 0.617. The molecule has 0 radical (unpaired) electrons. The van der Waals surface area contributed by atoms with E-state index in [0.29, 0.717) is 11.8 Å². The van der Waals surface area contributed by atoms with Crippen LogP contribution in [0.1, 0.15) is 23.6 Å². The first-order valence-electron chi connectivity index (χ1n) is 7.05. The lowest BCUT2D eigenvalue weighted by Crippen LogP contribution is -1.91. The molecule has 23 heavy (non-hydrogen) atoms. The number of hydrogen-bond acceptors (Lipinski definition) is 4. The first-order valence-corrected chi connectivity index (χ1v) is 7.93. The van der Waals surface area contributed by atoms with Crippen molar-refractivity contribution in [3.8, 4) is 11.5 Å². The summed E-state index contributed by atoms with van der Waals surface area (Å²) in [5.74, 6) is -0.171. The molecular formula is C17H14F2N2OS. The van der Waals surface area contributed by atoms with Crippen molar-refractivity contribution < 1.29 is 13.2 Å². The maximum absolute atomic E-state index is 13.7. The van der Waals surface area contributed by atoms with Gasteiger partial charge in [0.1, 0.15) is 11.6 Å². The van der Waals surface area contributed by atoms with Gasteiger partial charge in [0, 0.05) is 10.5 Å². The molecule has 0 aliphatic rings. The maximum Gasteiger partial charge on any atom is 0.247 e. The molecule has 1 aromatic heterocycles. The van der Waals surface area contributed by atoms with Crippen LogP contribution in [0.25, 0.3) is 11.5 Å². The summed E-state index contributed by atoms with van der Waals surface area (Å²) in [7, 11) is 0. The third-order valence-corrected chi connectivity index (χ3v) is 4.41. The van der Waals surface area contributed by atoms with Crippen LogP contribution in [0.15, 0.2) is 51.8 Å². The number of nitrogens with zero attached hydrogens (tertiary/aromatic N) is 2. The molecule has 0 amide bonds. The molecule has 1 atom stereocenters. The van der Waals surface area contributed by atoms with E-state index in [9.17, 15) is 8.78 Å². The van der Waals surface area contributed by atoms with Gasteiger partial charge in [-0.3, -0.25) is 0 Å². The summed E-state index contributed by atoms with van der Waals surface area (Å²) in [5, 5.41) is 7.74. The first-order chi connectivity index (χ1) is 11.0. The van der Waals surface area contributed by atoms with E-state index >= 15 is 0 Å². The normalized spacial score (nSPS) is 12.3. The minimum atomic E-state index is -0.480. The van der Waals surface area contributed by atoms with Gasteiger partial charge in [-0.05, 0) is 44.2 Å². The number of hydrogen-bond donors (Lipinski definition) is 0. The van der Waals surface area contributed by atoms with Gasteiger partial charge in [0.05, 0.1) is 5.25 Å². The Morgan fingerprint density at radius 2 is 1.78 bits per heavy atom. The van der Waals surface area contributed by atoms with Gasteiger partial charge in [-0.1, -0.05) is 17.7 Å². The van der Waals surface area contributed by atoms with E-state index in [1.807, 2.05) is 31.2 Å². The van der Waals surface area contributed by atoms with Crippen LogP contribution >= 0.6 is 11.8 Å².